The van der Waals surface area contributed by atoms with E-state index in [9.17, 15) is 9.59 Å². The lowest BCUT2D eigenvalue weighted by molar-refractivity contribution is -0.123. The first-order chi connectivity index (χ1) is 13.3. The number of hydrogen-bond acceptors (Lipinski definition) is 5. The molecule has 0 bridgehead atoms. The summed E-state index contributed by atoms with van der Waals surface area (Å²) in [7, 11) is 0. The molecule has 0 fully saturated rings. The molecule has 0 aliphatic carbocycles. The second kappa shape index (κ2) is 8.43. The number of nitrogens with zero attached hydrogens (tertiary/aromatic N) is 3. The Kier molecular flexibility index (Phi) is 6.17. The van der Waals surface area contributed by atoms with Gasteiger partial charge in [-0.15, -0.1) is 21.5 Å². The maximum atomic E-state index is 12.6. The monoisotopic (exact) mass is 403 g/mol. The summed E-state index contributed by atoms with van der Waals surface area (Å²) >= 11 is 1.31. The van der Waals surface area contributed by atoms with Crippen LogP contribution >= 0.6 is 11.3 Å². The Balaban J connectivity index is 1.57. The third-order valence-electron chi connectivity index (χ3n) is 4.86. The Bertz CT molecular complexity index is 863. The summed E-state index contributed by atoms with van der Waals surface area (Å²) in [4.78, 5) is 25.4. The van der Waals surface area contributed by atoms with Crippen molar-refractivity contribution in [3.63, 3.8) is 0 Å². The summed E-state index contributed by atoms with van der Waals surface area (Å²) in [6.07, 6.45) is 5.20. The summed E-state index contributed by atoms with van der Waals surface area (Å²) in [5, 5.41) is 15.2. The van der Waals surface area contributed by atoms with E-state index in [1.807, 2.05) is 33.8 Å². The highest BCUT2D eigenvalue weighted by atomic mass is 32.1. The number of fused-ring (bicyclic) bond motifs is 1. The molecule has 1 aliphatic heterocycles. The van der Waals surface area contributed by atoms with Crippen molar-refractivity contribution in [3.8, 4) is 0 Å². The van der Waals surface area contributed by atoms with E-state index in [2.05, 4.69) is 25.4 Å². The van der Waals surface area contributed by atoms with Gasteiger partial charge in [-0.25, -0.2) is 0 Å². The van der Waals surface area contributed by atoms with E-state index in [1.165, 1.54) is 24.2 Å². The predicted molar refractivity (Wildman–Crippen MR) is 111 cm³/mol. The Morgan fingerprint density at radius 1 is 1.21 bits per heavy atom. The molecule has 7 nitrogen and oxygen atoms in total. The van der Waals surface area contributed by atoms with Crippen molar-refractivity contribution in [2.45, 2.75) is 66.3 Å². The highest BCUT2D eigenvalue weighted by molar-refractivity contribution is 7.18. The van der Waals surface area contributed by atoms with Gasteiger partial charge in [-0.1, -0.05) is 27.2 Å². The third-order valence-corrected chi connectivity index (χ3v) is 6.01. The zero-order chi connectivity index (χ0) is 20.3. The molecule has 0 saturated heterocycles. The average Bonchev–Trinajstić information content (AvgIpc) is 3.08. The van der Waals surface area contributed by atoms with Gasteiger partial charge in [-0.2, -0.15) is 0 Å². The molecule has 152 valence electrons. The van der Waals surface area contributed by atoms with Crippen LogP contribution < -0.4 is 10.6 Å². The number of aryl methyl sites for hydroxylation is 2. The second-order valence-corrected chi connectivity index (χ2v) is 9.38. The van der Waals surface area contributed by atoms with E-state index in [0.717, 1.165) is 36.6 Å². The molecule has 28 heavy (non-hydrogen) atoms. The van der Waals surface area contributed by atoms with Crippen molar-refractivity contribution in [2.75, 3.05) is 11.9 Å². The number of thiophene rings is 1. The van der Waals surface area contributed by atoms with Gasteiger partial charge in [-0.3, -0.25) is 9.59 Å². The Labute approximate surface area is 169 Å². The van der Waals surface area contributed by atoms with Gasteiger partial charge in [0, 0.05) is 31.3 Å². The lowest BCUT2D eigenvalue weighted by atomic mass is 9.96. The van der Waals surface area contributed by atoms with Gasteiger partial charge in [0.05, 0.1) is 9.88 Å². The number of amides is 2. The highest BCUT2D eigenvalue weighted by Crippen LogP contribution is 2.28. The number of anilines is 1. The van der Waals surface area contributed by atoms with Gasteiger partial charge in [0.2, 0.25) is 5.91 Å². The lowest BCUT2D eigenvalue weighted by Crippen LogP contribution is -2.27. The van der Waals surface area contributed by atoms with Crippen LogP contribution in [0.25, 0.3) is 0 Å². The second-order valence-electron chi connectivity index (χ2n) is 8.33. The zero-order valence-corrected chi connectivity index (χ0v) is 17.9. The van der Waals surface area contributed by atoms with Gasteiger partial charge in [0.25, 0.3) is 5.91 Å². The molecule has 2 N–H and O–H groups in total. The molecule has 8 heteroatoms. The average molecular weight is 404 g/mol. The molecule has 0 aromatic carbocycles. The van der Waals surface area contributed by atoms with Crippen LogP contribution in [0.1, 0.15) is 66.9 Å². The largest absolute Gasteiger partial charge is 0.351 e. The maximum absolute atomic E-state index is 12.6. The summed E-state index contributed by atoms with van der Waals surface area (Å²) in [5.74, 6) is 1.83. The molecule has 2 aromatic rings. The number of rotatable bonds is 5. The predicted octanol–water partition coefficient (Wildman–Crippen LogP) is 3.33. The van der Waals surface area contributed by atoms with Gasteiger partial charge >= 0.3 is 0 Å². The fourth-order valence-electron chi connectivity index (χ4n) is 3.17. The van der Waals surface area contributed by atoms with Gasteiger partial charge < -0.3 is 15.2 Å². The van der Waals surface area contributed by atoms with Crippen LogP contribution in [-0.2, 0) is 24.2 Å². The van der Waals surface area contributed by atoms with E-state index >= 15 is 0 Å². The third kappa shape index (κ3) is 4.79. The minimum atomic E-state index is -0.476. The van der Waals surface area contributed by atoms with Crippen LogP contribution in [0.15, 0.2) is 6.07 Å². The van der Waals surface area contributed by atoms with Gasteiger partial charge in [0.1, 0.15) is 11.6 Å². The molecule has 3 rings (SSSR count). The van der Waals surface area contributed by atoms with Gasteiger partial charge in [0.15, 0.2) is 0 Å². The van der Waals surface area contributed by atoms with Crippen LogP contribution in [0.5, 0.6) is 0 Å². The molecule has 0 atom stereocenters. The Morgan fingerprint density at radius 3 is 2.75 bits per heavy atom. The molecular formula is C20H29N5O2S. The first-order valence-corrected chi connectivity index (χ1v) is 10.7. The Morgan fingerprint density at radius 2 is 2.00 bits per heavy atom. The van der Waals surface area contributed by atoms with E-state index in [0.29, 0.717) is 22.8 Å². The van der Waals surface area contributed by atoms with Crippen molar-refractivity contribution in [1.82, 2.24) is 20.1 Å². The molecular weight excluding hydrogens is 374 g/mol. The minimum Gasteiger partial charge on any atom is -0.351 e. The number of nitrogens with one attached hydrogen (secondary N) is 2. The van der Waals surface area contributed by atoms with E-state index in [1.54, 1.807) is 0 Å². The van der Waals surface area contributed by atoms with Crippen LogP contribution in [0.2, 0.25) is 0 Å². The summed E-state index contributed by atoms with van der Waals surface area (Å²) in [6.45, 7) is 8.95. The quantitative estimate of drug-likeness (QED) is 0.801. The van der Waals surface area contributed by atoms with E-state index in [-0.39, 0.29) is 11.8 Å². The first kappa shape index (κ1) is 20.5. The van der Waals surface area contributed by atoms with Crippen molar-refractivity contribution in [2.24, 2.45) is 5.41 Å². The Hall–Kier alpha value is -2.22. The number of hydrogen-bond donors (Lipinski definition) is 2. The van der Waals surface area contributed by atoms with Crippen LogP contribution in [0, 0.1) is 12.3 Å². The standard InChI is InChI=1S/C20H29N5O2S/c1-13-12-16(22-19(27)20(2,3)4)28-17(13)18(26)21-10-9-15-24-23-14-8-6-5-7-11-25(14)15/h12H,5-11H2,1-4H3,(H,21,26)(H,22,27). The topological polar surface area (TPSA) is 88.9 Å². The SMILES string of the molecule is Cc1cc(NC(=O)C(C)(C)C)sc1C(=O)NCCc1nnc2n1CCCCC2. The normalized spacial score (nSPS) is 14.3. The summed E-state index contributed by atoms with van der Waals surface area (Å²) in [5.41, 5.74) is 0.388. The number of carbonyl (C=O) groups is 2. The van der Waals surface area contributed by atoms with Gasteiger partial charge in [-0.05, 0) is 31.4 Å². The zero-order valence-electron chi connectivity index (χ0n) is 17.1. The van der Waals surface area contributed by atoms with Crippen LogP contribution in [0.3, 0.4) is 0 Å². The van der Waals surface area contributed by atoms with E-state index in [4.69, 9.17) is 0 Å². The minimum absolute atomic E-state index is 0.0618. The maximum Gasteiger partial charge on any atom is 0.261 e. The fraction of sp³-hybridized carbons (Fsp3) is 0.600. The lowest BCUT2D eigenvalue weighted by Gasteiger charge is -2.16. The summed E-state index contributed by atoms with van der Waals surface area (Å²) in [6, 6.07) is 1.85. The smallest absolute Gasteiger partial charge is 0.261 e. The molecule has 0 unspecified atom stereocenters. The fourth-order valence-corrected chi connectivity index (χ4v) is 4.15. The van der Waals surface area contributed by atoms with Crippen LogP contribution in [-0.4, -0.2) is 33.1 Å². The van der Waals surface area contributed by atoms with Crippen molar-refractivity contribution >= 4 is 28.2 Å². The van der Waals surface area contributed by atoms with Crippen molar-refractivity contribution in [1.29, 1.82) is 0 Å². The molecule has 0 spiro atoms. The first-order valence-electron chi connectivity index (χ1n) is 9.87. The molecule has 1 aliphatic rings. The van der Waals surface area contributed by atoms with E-state index < -0.39 is 5.41 Å². The number of carbonyl (C=O) groups excluding carboxylic acids is 2. The molecule has 0 radical (unpaired) electrons. The molecule has 2 amide bonds. The molecule has 3 heterocycles. The van der Waals surface area contributed by atoms with Crippen molar-refractivity contribution in [3.05, 3.63) is 28.2 Å². The highest BCUT2D eigenvalue weighted by Gasteiger charge is 2.23. The molecule has 0 saturated carbocycles. The van der Waals surface area contributed by atoms with Crippen molar-refractivity contribution < 1.29 is 9.59 Å². The molecule has 2 aromatic heterocycles. The summed E-state index contributed by atoms with van der Waals surface area (Å²) < 4.78 is 2.20. The van der Waals surface area contributed by atoms with Crippen LogP contribution in [0.4, 0.5) is 5.00 Å². The number of aromatic nitrogens is 3.